The Morgan fingerprint density at radius 2 is 1.77 bits per heavy atom. The molecule has 0 aliphatic carbocycles. The van der Waals surface area contributed by atoms with Crippen molar-refractivity contribution < 1.29 is 22.5 Å². The first kappa shape index (κ1) is 24.5. The van der Waals surface area contributed by atoms with Gasteiger partial charge in [-0.3, -0.25) is 9.52 Å². The van der Waals surface area contributed by atoms with Crippen molar-refractivity contribution in [1.29, 1.82) is 0 Å². The Labute approximate surface area is 211 Å². The zero-order chi connectivity index (χ0) is 24.8. The van der Waals surface area contributed by atoms with E-state index in [1.165, 1.54) is 30.3 Å². The topological polar surface area (TPSA) is 111 Å². The van der Waals surface area contributed by atoms with E-state index in [0.29, 0.717) is 35.8 Å². The number of halogens is 1. The number of carbonyl (C=O) groups is 1. The summed E-state index contributed by atoms with van der Waals surface area (Å²) < 4.78 is 38.9. The van der Waals surface area contributed by atoms with Crippen LogP contribution in [-0.2, 0) is 16.4 Å². The Morgan fingerprint density at radius 1 is 1.03 bits per heavy atom. The van der Waals surface area contributed by atoms with Crippen LogP contribution in [0.15, 0.2) is 92.8 Å². The number of hydrogen-bond donors (Lipinski definition) is 2. The largest absolute Gasteiger partial charge is 0.492 e. The first-order valence-corrected chi connectivity index (χ1v) is 12.9. The minimum Gasteiger partial charge on any atom is -0.492 e. The highest BCUT2D eigenvalue weighted by atomic mass is 79.9. The summed E-state index contributed by atoms with van der Waals surface area (Å²) in [6, 6.07) is 22.4. The third-order valence-corrected chi connectivity index (χ3v) is 6.83. The van der Waals surface area contributed by atoms with Crippen LogP contribution in [0.5, 0.6) is 5.75 Å². The molecular weight excluding hydrogens is 534 g/mol. The molecule has 0 atom stereocenters. The number of nitrogens with one attached hydrogen (secondary N) is 2. The number of amides is 1. The maximum absolute atomic E-state index is 13.0. The minimum absolute atomic E-state index is 0.0172. The van der Waals surface area contributed by atoms with Gasteiger partial charge in [-0.15, -0.1) is 0 Å². The molecule has 35 heavy (non-hydrogen) atoms. The molecule has 1 heterocycles. The molecule has 8 nitrogen and oxygen atoms in total. The highest BCUT2D eigenvalue weighted by molar-refractivity contribution is 9.10. The third-order valence-electron chi connectivity index (χ3n) is 4.97. The van der Waals surface area contributed by atoms with Gasteiger partial charge in [-0.1, -0.05) is 51.4 Å². The normalized spacial score (nSPS) is 11.1. The molecule has 0 spiro atoms. The Bertz CT molecular complexity index is 1420. The fraction of sp³-hybridized carbons (Fsp3) is 0.120. The predicted molar refractivity (Wildman–Crippen MR) is 136 cm³/mol. The Balaban J connectivity index is 1.43. The summed E-state index contributed by atoms with van der Waals surface area (Å²) >= 11 is 3.39. The molecule has 4 rings (SSSR count). The van der Waals surface area contributed by atoms with Crippen LogP contribution >= 0.6 is 15.9 Å². The average molecular weight is 556 g/mol. The Hall–Kier alpha value is -3.63. The van der Waals surface area contributed by atoms with Gasteiger partial charge < -0.3 is 14.6 Å². The molecule has 1 aromatic heterocycles. The first-order chi connectivity index (χ1) is 16.8. The molecule has 0 aliphatic heterocycles. The van der Waals surface area contributed by atoms with Crippen molar-refractivity contribution >= 4 is 43.4 Å². The fourth-order valence-corrected chi connectivity index (χ4v) is 4.60. The number of benzene rings is 3. The number of sulfonamides is 1. The van der Waals surface area contributed by atoms with Gasteiger partial charge in [-0.2, -0.15) is 0 Å². The molecule has 1 amide bonds. The number of hydrogen-bond acceptors (Lipinski definition) is 6. The van der Waals surface area contributed by atoms with E-state index in [9.17, 15) is 13.2 Å². The van der Waals surface area contributed by atoms with Crippen LogP contribution in [0.4, 0.5) is 11.5 Å². The third kappa shape index (κ3) is 6.49. The van der Waals surface area contributed by atoms with E-state index in [1.54, 1.807) is 25.1 Å². The highest BCUT2D eigenvalue weighted by Gasteiger charge is 2.18. The second-order valence-corrected chi connectivity index (χ2v) is 10.2. The molecule has 3 aromatic carbocycles. The van der Waals surface area contributed by atoms with Crippen molar-refractivity contribution in [2.45, 2.75) is 18.2 Å². The number of nitrogens with zero attached hydrogens (tertiary/aromatic N) is 1. The molecule has 0 aliphatic rings. The van der Waals surface area contributed by atoms with E-state index in [0.717, 1.165) is 10.0 Å². The number of rotatable bonds is 9. The van der Waals surface area contributed by atoms with E-state index < -0.39 is 10.0 Å². The monoisotopic (exact) mass is 555 g/mol. The Morgan fingerprint density at radius 3 is 2.46 bits per heavy atom. The van der Waals surface area contributed by atoms with E-state index >= 15 is 0 Å². The van der Waals surface area contributed by atoms with Crippen molar-refractivity contribution in [1.82, 2.24) is 5.16 Å². The maximum Gasteiger partial charge on any atom is 0.263 e. The van der Waals surface area contributed by atoms with Gasteiger partial charge in [0.25, 0.3) is 15.9 Å². The lowest BCUT2D eigenvalue weighted by Crippen LogP contribution is -2.15. The van der Waals surface area contributed by atoms with Crippen molar-refractivity contribution in [2.24, 2.45) is 0 Å². The quantitative estimate of drug-likeness (QED) is 0.285. The maximum atomic E-state index is 13.0. The number of aromatic nitrogens is 1. The lowest BCUT2D eigenvalue weighted by atomic mass is 10.1. The molecule has 0 unspecified atom stereocenters. The predicted octanol–water partition coefficient (Wildman–Crippen LogP) is 5.42. The highest BCUT2D eigenvalue weighted by Crippen LogP contribution is 2.25. The molecule has 10 heteroatoms. The number of ether oxygens (including phenoxy) is 1. The van der Waals surface area contributed by atoms with Gasteiger partial charge >= 0.3 is 0 Å². The number of carbonyl (C=O) groups excluding carboxylic acids is 1. The lowest BCUT2D eigenvalue weighted by Gasteiger charge is -2.13. The molecule has 0 saturated heterocycles. The van der Waals surface area contributed by atoms with Crippen molar-refractivity contribution in [2.75, 3.05) is 16.6 Å². The van der Waals surface area contributed by atoms with Crippen LogP contribution in [0.1, 0.15) is 21.7 Å². The van der Waals surface area contributed by atoms with Crippen LogP contribution in [-0.4, -0.2) is 26.1 Å². The lowest BCUT2D eigenvalue weighted by molar-refractivity contribution is 0.102. The van der Waals surface area contributed by atoms with Gasteiger partial charge in [0.1, 0.15) is 11.5 Å². The Kier molecular flexibility index (Phi) is 7.52. The van der Waals surface area contributed by atoms with Crippen LogP contribution in [0.3, 0.4) is 0 Å². The SMILES string of the molecule is Cc1cc(NS(=O)(=O)c2ccc(NC(=O)c3cc(Br)ccc3OCCc3ccccc3)cc2)no1. The molecule has 0 bridgehead atoms. The standard InChI is InChI=1S/C25H22BrN3O5S/c1-17-15-24(28-34-17)29-35(31,32)21-10-8-20(9-11-21)27-25(30)22-16-19(26)7-12-23(22)33-14-13-18-5-3-2-4-6-18/h2-12,15-16H,13-14H2,1H3,(H,27,30)(H,28,29). The van der Waals surface area contributed by atoms with Gasteiger partial charge in [0.15, 0.2) is 5.82 Å². The number of aryl methyl sites for hydroxylation is 1. The van der Waals surface area contributed by atoms with Gasteiger partial charge in [-0.05, 0) is 55.0 Å². The second kappa shape index (κ2) is 10.7. The molecule has 180 valence electrons. The second-order valence-electron chi connectivity index (χ2n) is 7.63. The van der Waals surface area contributed by atoms with Crippen LogP contribution in [0, 0.1) is 6.92 Å². The summed E-state index contributed by atoms with van der Waals surface area (Å²) in [5.74, 6) is 0.645. The fourth-order valence-electron chi connectivity index (χ4n) is 3.26. The van der Waals surface area contributed by atoms with Gasteiger partial charge in [0, 0.05) is 22.6 Å². The van der Waals surface area contributed by atoms with Crippen LogP contribution < -0.4 is 14.8 Å². The van der Waals surface area contributed by atoms with E-state index in [2.05, 4.69) is 31.1 Å². The van der Waals surface area contributed by atoms with Crippen LogP contribution in [0.25, 0.3) is 0 Å². The molecule has 0 radical (unpaired) electrons. The van der Waals surface area contributed by atoms with Crippen molar-refractivity contribution in [3.05, 3.63) is 100 Å². The van der Waals surface area contributed by atoms with E-state index in [-0.39, 0.29) is 16.6 Å². The zero-order valence-electron chi connectivity index (χ0n) is 18.7. The summed E-state index contributed by atoms with van der Waals surface area (Å²) in [6.45, 7) is 2.07. The smallest absolute Gasteiger partial charge is 0.263 e. The molecule has 2 N–H and O–H groups in total. The molecule has 0 saturated carbocycles. The number of anilines is 2. The summed E-state index contributed by atoms with van der Waals surface area (Å²) in [7, 11) is -3.85. The van der Waals surface area contributed by atoms with Gasteiger partial charge in [-0.25, -0.2) is 8.42 Å². The average Bonchev–Trinajstić information content (AvgIpc) is 3.24. The summed E-state index contributed by atoms with van der Waals surface area (Å²) in [6.07, 6.45) is 0.704. The molecule has 4 aromatic rings. The van der Waals surface area contributed by atoms with E-state index in [4.69, 9.17) is 9.26 Å². The minimum atomic E-state index is -3.85. The summed E-state index contributed by atoms with van der Waals surface area (Å²) in [5, 5.41) is 6.42. The molecular formula is C25H22BrN3O5S. The first-order valence-electron chi connectivity index (χ1n) is 10.6. The molecule has 0 fully saturated rings. The summed E-state index contributed by atoms with van der Waals surface area (Å²) in [5.41, 5.74) is 1.92. The summed E-state index contributed by atoms with van der Waals surface area (Å²) in [4.78, 5) is 13.0. The van der Waals surface area contributed by atoms with Crippen molar-refractivity contribution in [3.63, 3.8) is 0 Å². The van der Waals surface area contributed by atoms with Crippen molar-refractivity contribution in [3.8, 4) is 5.75 Å². The zero-order valence-corrected chi connectivity index (χ0v) is 21.1. The van der Waals surface area contributed by atoms with E-state index in [1.807, 2.05) is 30.3 Å². The van der Waals surface area contributed by atoms with Gasteiger partial charge in [0.2, 0.25) is 0 Å². The van der Waals surface area contributed by atoms with Gasteiger partial charge in [0.05, 0.1) is 17.1 Å². The van der Waals surface area contributed by atoms with Crippen LogP contribution in [0.2, 0.25) is 0 Å².